The van der Waals surface area contributed by atoms with Crippen molar-refractivity contribution in [3.8, 4) is 11.5 Å². The zero-order chi connectivity index (χ0) is 13.1. The van der Waals surface area contributed by atoms with Crippen LogP contribution in [0.15, 0.2) is 23.6 Å². The van der Waals surface area contributed by atoms with Gasteiger partial charge in [0.05, 0.1) is 23.9 Å². The molecule has 0 saturated heterocycles. The maximum absolute atomic E-state index is 5.69. The first-order valence-corrected chi connectivity index (χ1v) is 7.25. The Balaban J connectivity index is 1.79. The smallest absolute Gasteiger partial charge is 0.161 e. The molecule has 1 aromatic carbocycles. The normalized spacial score (nSPS) is 14.2. The van der Waals surface area contributed by atoms with E-state index >= 15 is 0 Å². The molecule has 0 amide bonds. The first-order chi connectivity index (χ1) is 9.35. The van der Waals surface area contributed by atoms with E-state index in [0.717, 1.165) is 41.6 Å². The van der Waals surface area contributed by atoms with Gasteiger partial charge in [-0.15, -0.1) is 11.3 Å². The summed E-state index contributed by atoms with van der Waals surface area (Å²) in [5, 5.41) is 3.09. The molecule has 19 heavy (non-hydrogen) atoms. The molecule has 0 aliphatic carbocycles. The number of rotatable bonds is 3. The zero-order valence-corrected chi connectivity index (χ0v) is 11.4. The van der Waals surface area contributed by atoms with Crippen LogP contribution in [0.25, 0.3) is 0 Å². The average molecular weight is 276 g/mol. The van der Waals surface area contributed by atoms with Crippen molar-refractivity contribution in [3.63, 3.8) is 0 Å². The second kappa shape index (κ2) is 5.59. The van der Waals surface area contributed by atoms with Gasteiger partial charge in [-0.3, -0.25) is 0 Å². The highest BCUT2D eigenvalue weighted by atomic mass is 32.1. The Hall–Kier alpha value is -1.59. The molecule has 2 heterocycles. The van der Waals surface area contributed by atoms with E-state index in [2.05, 4.69) is 11.1 Å². The van der Waals surface area contributed by atoms with E-state index in [1.807, 2.05) is 17.5 Å². The van der Waals surface area contributed by atoms with Crippen LogP contribution in [-0.2, 0) is 13.0 Å². The predicted octanol–water partition coefficient (Wildman–Crippen LogP) is 2.35. The minimum Gasteiger partial charge on any atom is -0.490 e. The molecule has 0 radical (unpaired) electrons. The minimum absolute atomic E-state index is 0.498. The first kappa shape index (κ1) is 12.4. The van der Waals surface area contributed by atoms with Gasteiger partial charge in [-0.1, -0.05) is 6.07 Å². The third-order valence-corrected chi connectivity index (χ3v) is 3.87. The second-order valence-electron chi connectivity index (χ2n) is 4.45. The lowest BCUT2D eigenvalue weighted by atomic mass is 10.1. The number of hydrogen-bond acceptors (Lipinski definition) is 5. The van der Waals surface area contributed by atoms with Gasteiger partial charge >= 0.3 is 0 Å². The van der Waals surface area contributed by atoms with Gasteiger partial charge in [0, 0.05) is 24.8 Å². The Morgan fingerprint density at radius 2 is 2.05 bits per heavy atom. The Labute approximate surface area is 116 Å². The summed E-state index contributed by atoms with van der Waals surface area (Å²) in [6.07, 6.45) is 1.73. The third kappa shape index (κ3) is 2.88. The predicted molar refractivity (Wildman–Crippen MR) is 74.9 cm³/mol. The Kier molecular flexibility index (Phi) is 3.66. The molecule has 100 valence electrons. The molecule has 2 aromatic rings. The summed E-state index contributed by atoms with van der Waals surface area (Å²) in [5.74, 6) is 1.67. The van der Waals surface area contributed by atoms with Gasteiger partial charge in [-0.2, -0.15) is 0 Å². The van der Waals surface area contributed by atoms with E-state index in [9.17, 15) is 0 Å². The number of thiazole rings is 1. The number of benzene rings is 1. The van der Waals surface area contributed by atoms with Gasteiger partial charge in [0.15, 0.2) is 11.5 Å². The second-order valence-corrected chi connectivity index (χ2v) is 5.39. The molecule has 3 rings (SSSR count). The molecule has 1 aliphatic rings. The van der Waals surface area contributed by atoms with Gasteiger partial charge < -0.3 is 15.2 Å². The fourth-order valence-electron chi connectivity index (χ4n) is 2.02. The van der Waals surface area contributed by atoms with Crippen LogP contribution in [0.4, 0.5) is 0 Å². The first-order valence-electron chi connectivity index (χ1n) is 6.37. The number of nitrogens with zero attached hydrogens (tertiary/aromatic N) is 1. The number of nitrogens with two attached hydrogens (primary N) is 1. The summed E-state index contributed by atoms with van der Waals surface area (Å²) in [6, 6.07) is 6.09. The lowest BCUT2D eigenvalue weighted by Gasteiger charge is -2.08. The van der Waals surface area contributed by atoms with E-state index in [1.54, 1.807) is 11.3 Å². The highest BCUT2D eigenvalue weighted by molar-refractivity contribution is 7.09. The van der Waals surface area contributed by atoms with Crippen LogP contribution in [0.1, 0.15) is 22.7 Å². The topological polar surface area (TPSA) is 57.4 Å². The third-order valence-electron chi connectivity index (χ3n) is 2.98. The van der Waals surface area contributed by atoms with E-state index in [-0.39, 0.29) is 0 Å². The summed E-state index contributed by atoms with van der Waals surface area (Å²) in [7, 11) is 0. The van der Waals surface area contributed by atoms with Crippen molar-refractivity contribution in [1.82, 2.24) is 4.98 Å². The minimum atomic E-state index is 0.498. The van der Waals surface area contributed by atoms with Crippen molar-refractivity contribution in [2.24, 2.45) is 5.73 Å². The van der Waals surface area contributed by atoms with E-state index in [0.29, 0.717) is 13.2 Å². The van der Waals surface area contributed by atoms with E-state index in [4.69, 9.17) is 15.2 Å². The van der Waals surface area contributed by atoms with Gasteiger partial charge in [-0.25, -0.2) is 4.98 Å². The quantitative estimate of drug-likeness (QED) is 0.935. The van der Waals surface area contributed by atoms with Crippen LogP contribution in [0, 0.1) is 0 Å². The Morgan fingerprint density at radius 3 is 2.84 bits per heavy atom. The van der Waals surface area contributed by atoms with Crippen molar-refractivity contribution in [2.45, 2.75) is 19.4 Å². The molecule has 0 spiro atoms. The Morgan fingerprint density at radius 1 is 1.21 bits per heavy atom. The summed E-state index contributed by atoms with van der Waals surface area (Å²) in [4.78, 5) is 4.48. The number of ether oxygens (including phenoxy) is 2. The lowest BCUT2D eigenvalue weighted by Crippen LogP contribution is -1.97. The molecule has 5 heteroatoms. The molecular formula is C14H16N2O2S. The summed E-state index contributed by atoms with van der Waals surface area (Å²) >= 11 is 1.65. The van der Waals surface area contributed by atoms with Crippen molar-refractivity contribution in [3.05, 3.63) is 39.8 Å². The van der Waals surface area contributed by atoms with Crippen LogP contribution < -0.4 is 15.2 Å². The standard InChI is InChI=1S/C14H16N2O2S/c15-8-11-9-19-14(16-11)7-10-2-3-12-13(6-10)18-5-1-4-17-12/h2-3,6,9H,1,4-5,7-8,15H2. The number of aromatic nitrogens is 1. The Bertz CT molecular complexity index is 568. The van der Waals surface area contributed by atoms with E-state index < -0.39 is 0 Å². The molecule has 4 nitrogen and oxygen atoms in total. The highest BCUT2D eigenvalue weighted by Crippen LogP contribution is 2.31. The molecule has 0 saturated carbocycles. The SMILES string of the molecule is NCc1csc(Cc2ccc3c(c2)OCCCO3)n1. The molecular weight excluding hydrogens is 260 g/mol. The van der Waals surface area contributed by atoms with Crippen molar-refractivity contribution < 1.29 is 9.47 Å². The van der Waals surface area contributed by atoms with Gasteiger partial charge in [-0.05, 0) is 17.7 Å². The van der Waals surface area contributed by atoms with Crippen LogP contribution in [-0.4, -0.2) is 18.2 Å². The molecule has 1 aliphatic heterocycles. The average Bonchev–Trinajstić information content (AvgIpc) is 2.75. The highest BCUT2D eigenvalue weighted by Gasteiger charge is 2.11. The van der Waals surface area contributed by atoms with Crippen LogP contribution in [0.5, 0.6) is 11.5 Å². The van der Waals surface area contributed by atoms with Gasteiger partial charge in [0.2, 0.25) is 0 Å². The summed E-state index contributed by atoms with van der Waals surface area (Å²) < 4.78 is 11.3. The fourth-order valence-corrected chi connectivity index (χ4v) is 2.86. The largest absolute Gasteiger partial charge is 0.490 e. The van der Waals surface area contributed by atoms with E-state index in [1.165, 1.54) is 5.56 Å². The van der Waals surface area contributed by atoms with Crippen LogP contribution >= 0.6 is 11.3 Å². The molecule has 0 fully saturated rings. The molecule has 1 aromatic heterocycles. The van der Waals surface area contributed by atoms with Gasteiger partial charge in [0.25, 0.3) is 0 Å². The van der Waals surface area contributed by atoms with Crippen molar-refractivity contribution in [2.75, 3.05) is 13.2 Å². The zero-order valence-electron chi connectivity index (χ0n) is 10.6. The number of hydrogen-bond donors (Lipinski definition) is 1. The molecule has 0 bridgehead atoms. The monoisotopic (exact) mass is 276 g/mol. The summed E-state index contributed by atoms with van der Waals surface area (Å²) in [6.45, 7) is 1.93. The lowest BCUT2D eigenvalue weighted by molar-refractivity contribution is 0.297. The summed E-state index contributed by atoms with van der Waals surface area (Å²) in [5.41, 5.74) is 7.71. The van der Waals surface area contributed by atoms with Crippen molar-refractivity contribution >= 4 is 11.3 Å². The van der Waals surface area contributed by atoms with Crippen LogP contribution in [0.3, 0.4) is 0 Å². The fraction of sp³-hybridized carbons (Fsp3) is 0.357. The van der Waals surface area contributed by atoms with Gasteiger partial charge in [0.1, 0.15) is 0 Å². The molecule has 2 N–H and O–H groups in total. The van der Waals surface area contributed by atoms with Crippen molar-refractivity contribution in [1.29, 1.82) is 0 Å². The van der Waals surface area contributed by atoms with Crippen LogP contribution in [0.2, 0.25) is 0 Å². The maximum atomic E-state index is 5.69. The number of fused-ring (bicyclic) bond motifs is 1. The molecule has 0 atom stereocenters. The molecule has 0 unspecified atom stereocenters. The maximum Gasteiger partial charge on any atom is 0.161 e.